The Kier molecular flexibility index (Phi) is 6.15. The zero-order chi connectivity index (χ0) is 13.6. The van der Waals surface area contributed by atoms with Crippen molar-refractivity contribution in [2.45, 2.75) is 71.1 Å². The minimum absolute atomic E-state index is 0.461. The van der Waals surface area contributed by atoms with E-state index in [1.807, 2.05) is 0 Å². The maximum atomic E-state index is 6.14. The molecule has 2 fully saturated rings. The number of likely N-dealkylation sites (tertiary alicyclic amines) is 1. The Hall–Kier alpha value is -0.0800. The highest BCUT2D eigenvalue weighted by Crippen LogP contribution is 2.36. The summed E-state index contributed by atoms with van der Waals surface area (Å²) in [5.41, 5.74) is 6.60. The van der Waals surface area contributed by atoms with Crippen LogP contribution in [0.5, 0.6) is 0 Å². The third-order valence-electron chi connectivity index (χ3n) is 5.54. The van der Waals surface area contributed by atoms with Crippen LogP contribution in [0.3, 0.4) is 0 Å². The molecule has 1 aliphatic heterocycles. The molecule has 2 N–H and O–H groups in total. The van der Waals surface area contributed by atoms with Gasteiger partial charge in [-0.05, 0) is 63.1 Å². The number of rotatable bonds is 5. The zero-order valence-electron chi connectivity index (χ0n) is 13.0. The average Bonchev–Trinajstić information content (AvgIpc) is 2.66. The summed E-state index contributed by atoms with van der Waals surface area (Å²) in [4.78, 5) is 2.74. The van der Waals surface area contributed by atoms with Crippen LogP contribution in [0.1, 0.15) is 71.1 Å². The number of hydrogen-bond acceptors (Lipinski definition) is 2. The fourth-order valence-corrected chi connectivity index (χ4v) is 4.28. The van der Waals surface area contributed by atoms with Gasteiger partial charge in [-0.15, -0.1) is 0 Å². The smallest absolute Gasteiger partial charge is 0.00501 e. The Bertz CT molecular complexity index is 246. The molecule has 0 aromatic heterocycles. The van der Waals surface area contributed by atoms with Crippen molar-refractivity contribution in [2.75, 3.05) is 26.2 Å². The van der Waals surface area contributed by atoms with E-state index in [9.17, 15) is 0 Å². The second-order valence-corrected chi connectivity index (χ2v) is 7.13. The van der Waals surface area contributed by atoms with Gasteiger partial charge in [0.15, 0.2) is 0 Å². The fourth-order valence-electron chi connectivity index (χ4n) is 4.28. The highest BCUT2D eigenvalue weighted by atomic mass is 15.1. The van der Waals surface area contributed by atoms with Gasteiger partial charge >= 0.3 is 0 Å². The first kappa shape index (κ1) is 15.3. The first-order chi connectivity index (χ1) is 9.28. The van der Waals surface area contributed by atoms with Crippen molar-refractivity contribution in [3.8, 4) is 0 Å². The van der Waals surface area contributed by atoms with Crippen molar-refractivity contribution < 1.29 is 0 Å². The highest BCUT2D eigenvalue weighted by molar-refractivity contribution is 4.87. The quantitative estimate of drug-likeness (QED) is 0.820. The first-order valence-corrected chi connectivity index (χ1v) is 8.70. The molecule has 1 saturated carbocycles. The Morgan fingerprint density at radius 2 is 1.84 bits per heavy atom. The van der Waals surface area contributed by atoms with Gasteiger partial charge in [-0.25, -0.2) is 0 Å². The second kappa shape index (κ2) is 7.64. The predicted molar refractivity (Wildman–Crippen MR) is 83.3 cm³/mol. The Balaban J connectivity index is 1.84. The van der Waals surface area contributed by atoms with E-state index in [2.05, 4.69) is 11.8 Å². The van der Waals surface area contributed by atoms with Gasteiger partial charge in [0.2, 0.25) is 0 Å². The van der Waals surface area contributed by atoms with Crippen LogP contribution in [0.15, 0.2) is 0 Å². The lowest BCUT2D eigenvalue weighted by molar-refractivity contribution is 0.113. The molecule has 0 aromatic rings. The van der Waals surface area contributed by atoms with Crippen LogP contribution < -0.4 is 5.73 Å². The van der Waals surface area contributed by atoms with Crippen LogP contribution >= 0.6 is 0 Å². The van der Waals surface area contributed by atoms with Crippen molar-refractivity contribution >= 4 is 0 Å². The van der Waals surface area contributed by atoms with Crippen LogP contribution in [0.2, 0.25) is 0 Å². The first-order valence-electron chi connectivity index (χ1n) is 8.70. The van der Waals surface area contributed by atoms with Gasteiger partial charge < -0.3 is 10.6 Å². The van der Waals surface area contributed by atoms with E-state index in [-0.39, 0.29) is 0 Å². The van der Waals surface area contributed by atoms with Gasteiger partial charge in [0, 0.05) is 6.54 Å². The Labute approximate surface area is 120 Å². The summed E-state index contributed by atoms with van der Waals surface area (Å²) in [7, 11) is 0. The summed E-state index contributed by atoms with van der Waals surface area (Å²) in [6.07, 6.45) is 14.1. The molecule has 2 aliphatic rings. The van der Waals surface area contributed by atoms with Crippen molar-refractivity contribution in [3.05, 3.63) is 0 Å². The third-order valence-corrected chi connectivity index (χ3v) is 5.54. The summed E-state index contributed by atoms with van der Waals surface area (Å²) in [5, 5.41) is 0. The molecule has 1 heterocycles. The molecule has 2 rings (SSSR count). The number of nitrogens with zero attached hydrogens (tertiary/aromatic N) is 1. The molecule has 1 saturated heterocycles. The van der Waals surface area contributed by atoms with Crippen LogP contribution in [-0.4, -0.2) is 31.1 Å². The van der Waals surface area contributed by atoms with Gasteiger partial charge in [-0.1, -0.05) is 39.0 Å². The molecular weight excluding hydrogens is 232 g/mol. The van der Waals surface area contributed by atoms with Crippen LogP contribution in [0.25, 0.3) is 0 Å². The van der Waals surface area contributed by atoms with Gasteiger partial charge in [0.1, 0.15) is 0 Å². The van der Waals surface area contributed by atoms with E-state index in [1.54, 1.807) is 0 Å². The van der Waals surface area contributed by atoms with Crippen molar-refractivity contribution in [2.24, 2.45) is 17.1 Å². The zero-order valence-corrected chi connectivity index (χ0v) is 13.0. The van der Waals surface area contributed by atoms with Crippen LogP contribution in [0, 0.1) is 11.3 Å². The van der Waals surface area contributed by atoms with E-state index in [0.29, 0.717) is 5.41 Å². The lowest BCUT2D eigenvalue weighted by Crippen LogP contribution is -2.44. The summed E-state index contributed by atoms with van der Waals surface area (Å²) >= 11 is 0. The Morgan fingerprint density at radius 3 is 2.53 bits per heavy atom. The number of hydrogen-bond donors (Lipinski definition) is 1. The van der Waals surface area contributed by atoms with Crippen molar-refractivity contribution in [1.29, 1.82) is 0 Å². The molecule has 0 spiro atoms. The molecule has 0 radical (unpaired) electrons. The molecule has 0 aromatic carbocycles. The van der Waals surface area contributed by atoms with E-state index in [4.69, 9.17) is 5.73 Å². The van der Waals surface area contributed by atoms with Crippen LogP contribution in [0.4, 0.5) is 0 Å². The molecule has 1 unspecified atom stereocenters. The lowest BCUT2D eigenvalue weighted by Gasteiger charge is -2.40. The molecule has 1 atom stereocenters. The minimum Gasteiger partial charge on any atom is -0.330 e. The topological polar surface area (TPSA) is 29.3 Å². The summed E-state index contributed by atoms with van der Waals surface area (Å²) in [6.45, 7) is 7.16. The normalized spacial score (nSPS) is 29.1. The molecule has 0 bridgehead atoms. The summed E-state index contributed by atoms with van der Waals surface area (Å²) in [6, 6.07) is 0. The fraction of sp³-hybridized carbons (Fsp3) is 1.00. The lowest BCUT2D eigenvalue weighted by atomic mass is 9.73. The molecular formula is C17H34N2. The molecule has 2 heteroatoms. The molecule has 112 valence electrons. The number of nitrogens with two attached hydrogens (primary N) is 1. The van der Waals surface area contributed by atoms with E-state index in [0.717, 1.165) is 12.5 Å². The summed E-state index contributed by atoms with van der Waals surface area (Å²) < 4.78 is 0. The predicted octanol–water partition coefficient (Wildman–Crippen LogP) is 3.80. The minimum atomic E-state index is 0.461. The van der Waals surface area contributed by atoms with E-state index >= 15 is 0 Å². The molecule has 2 nitrogen and oxygen atoms in total. The van der Waals surface area contributed by atoms with Crippen molar-refractivity contribution in [3.63, 3.8) is 0 Å². The molecule has 0 amide bonds. The van der Waals surface area contributed by atoms with Gasteiger partial charge in [-0.3, -0.25) is 0 Å². The van der Waals surface area contributed by atoms with Gasteiger partial charge in [-0.2, -0.15) is 0 Å². The summed E-state index contributed by atoms with van der Waals surface area (Å²) in [5.74, 6) is 0.996. The van der Waals surface area contributed by atoms with Gasteiger partial charge in [0.25, 0.3) is 0 Å². The van der Waals surface area contributed by atoms with E-state index < -0.39 is 0 Å². The highest BCUT2D eigenvalue weighted by Gasteiger charge is 2.33. The Morgan fingerprint density at radius 1 is 1.05 bits per heavy atom. The third kappa shape index (κ3) is 4.46. The van der Waals surface area contributed by atoms with Crippen molar-refractivity contribution in [1.82, 2.24) is 4.90 Å². The van der Waals surface area contributed by atoms with Crippen LogP contribution in [-0.2, 0) is 0 Å². The second-order valence-electron chi connectivity index (χ2n) is 7.13. The maximum Gasteiger partial charge on any atom is 0.00501 e. The molecule has 1 aliphatic carbocycles. The maximum absolute atomic E-state index is 6.14. The average molecular weight is 266 g/mol. The SMILES string of the molecule is CCCC1CCCN(CC2(CN)CCCCC2)CC1. The monoisotopic (exact) mass is 266 g/mol. The standard InChI is InChI=1S/C17H34N2/c1-2-7-16-8-6-12-19(13-9-16)15-17(14-18)10-4-3-5-11-17/h16H,2-15,18H2,1H3. The largest absolute Gasteiger partial charge is 0.330 e. The van der Waals surface area contributed by atoms with Gasteiger partial charge in [0.05, 0.1) is 0 Å². The molecule has 19 heavy (non-hydrogen) atoms. The van der Waals surface area contributed by atoms with E-state index in [1.165, 1.54) is 83.8 Å².